The van der Waals surface area contributed by atoms with E-state index in [2.05, 4.69) is 4.98 Å². The first kappa shape index (κ1) is 12.8. The van der Waals surface area contributed by atoms with Gasteiger partial charge in [-0.25, -0.2) is 4.39 Å². The first-order chi connectivity index (χ1) is 10.6. The zero-order valence-electron chi connectivity index (χ0n) is 11.9. The van der Waals surface area contributed by atoms with Crippen LogP contribution < -0.4 is 5.56 Å². The van der Waals surface area contributed by atoms with Crippen molar-refractivity contribution in [2.45, 2.75) is 0 Å². The molecule has 0 unspecified atom stereocenters. The van der Waals surface area contributed by atoms with Gasteiger partial charge in [-0.3, -0.25) is 4.79 Å². The van der Waals surface area contributed by atoms with Crippen LogP contribution in [0.2, 0.25) is 0 Å². The van der Waals surface area contributed by atoms with Crippen molar-refractivity contribution in [1.29, 1.82) is 0 Å². The van der Waals surface area contributed by atoms with Crippen LogP contribution in [0, 0.1) is 5.82 Å². The topological polar surface area (TPSA) is 37.8 Å². The summed E-state index contributed by atoms with van der Waals surface area (Å²) in [5.74, 6) is -0.383. The number of benzene rings is 2. The third-order valence-corrected chi connectivity index (χ3v) is 4.05. The zero-order chi connectivity index (χ0) is 15.3. The van der Waals surface area contributed by atoms with Crippen molar-refractivity contribution in [3.05, 3.63) is 71.0 Å². The summed E-state index contributed by atoms with van der Waals surface area (Å²) in [4.78, 5) is 14.6. The third kappa shape index (κ3) is 1.77. The van der Waals surface area contributed by atoms with Gasteiger partial charge in [-0.05, 0) is 29.8 Å². The molecule has 0 aliphatic heterocycles. The minimum Gasteiger partial charge on any atom is -0.350 e. The Kier molecular flexibility index (Phi) is 2.66. The number of pyridine rings is 1. The van der Waals surface area contributed by atoms with E-state index in [-0.39, 0.29) is 11.4 Å². The van der Waals surface area contributed by atoms with E-state index in [1.807, 2.05) is 42.1 Å². The number of fused-ring (bicyclic) bond motifs is 2. The van der Waals surface area contributed by atoms with Gasteiger partial charge in [-0.15, -0.1) is 0 Å². The monoisotopic (exact) mass is 292 g/mol. The van der Waals surface area contributed by atoms with Crippen LogP contribution in [0.15, 0.2) is 59.7 Å². The highest BCUT2D eigenvalue weighted by Crippen LogP contribution is 2.32. The van der Waals surface area contributed by atoms with Crippen molar-refractivity contribution >= 4 is 21.7 Å². The molecule has 0 amide bonds. The normalized spacial score (nSPS) is 11.4. The number of hydrogen-bond donors (Lipinski definition) is 1. The standard InChI is InChI=1S/C18H13FN2O/c1-21-10-15(13-4-2-3-5-17(13)21)11-8-14-12(16(19)9-11)6-7-20-18(14)22/h2-10H,1H3,(H,20,22). The Morgan fingerprint density at radius 2 is 1.86 bits per heavy atom. The number of rotatable bonds is 1. The summed E-state index contributed by atoms with van der Waals surface area (Å²) in [5.41, 5.74) is 2.42. The van der Waals surface area contributed by atoms with Crippen LogP contribution in [0.4, 0.5) is 4.39 Å². The number of aryl methyl sites for hydroxylation is 1. The number of aromatic nitrogens is 2. The largest absolute Gasteiger partial charge is 0.350 e. The summed E-state index contributed by atoms with van der Waals surface area (Å²) < 4.78 is 16.4. The van der Waals surface area contributed by atoms with Gasteiger partial charge in [0.15, 0.2) is 0 Å². The molecule has 3 nitrogen and oxygen atoms in total. The molecule has 0 saturated heterocycles. The second-order valence-corrected chi connectivity index (χ2v) is 5.40. The molecule has 2 aromatic heterocycles. The number of aromatic amines is 1. The molecular formula is C18H13FN2O. The molecule has 0 radical (unpaired) electrons. The van der Waals surface area contributed by atoms with Gasteiger partial charge in [0.05, 0.1) is 5.39 Å². The summed E-state index contributed by atoms with van der Waals surface area (Å²) in [7, 11) is 1.95. The van der Waals surface area contributed by atoms with E-state index in [0.717, 1.165) is 16.5 Å². The fraction of sp³-hybridized carbons (Fsp3) is 0.0556. The van der Waals surface area contributed by atoms with E-state index >= 15 is 0 Å². The summed E-state index contributed by atoms with van der Waals surface area (Å²) >= 11 is 0. The lowest BCUT2D eigenvalue weighted by atomic mass is 10.0. The molecular weight excluding hydrogens is 279 g/mol. The number of halogens is 1. The molecule has 4 aromatic rings. The molecule has 1 N–H and O–H groups in total. The van der Waals surface area contributed by atoms with Crippen molar-refractivity contribution in [3.8, 4) is 11.1 Å². The molecule has 0 spiro atoms. The molecule has 108 valence electrons. The van der Waals surface area contributed by atoms with Gasteiger partial charge in [-0.2, -0.15) is 0 Å². The molecule has 4 rings (SSSR count). The maximum absolute atomic E-state index is 14.4. The Morgan fingerprint density at radius 1 is 1.05 bits per heavy atom. The Morgan fingerprint density at radius 3 is 2.73 bits per heavy atom. The van der Waals surface area contributed by atoms with Crippen LogP contribution in [-0.2, 0) is 7.05 Å². The van der Waals surface area contributed by atoms with Crippen molar-refractivity contribution in [1.82, 2.24) is 9.55 Å². The van der Waals surface area contributed by atoms with Gasteiger partial charge in [0.1, 0.15) is 5.82 Å². The van der Waals surface area contributed by atoms with Crippen LogP contribution >= 0.6 is 0 Å². The van der Waals surface area contributed by atoms with Crippen LogP contribution in [0.5, 0.6) is 0 Å². The van der Waals surface area contributed by atoms with E-state index in [4.69, 9.17) is 0 Å². The Bertz CT molecular complexity index is 1080. The molecule has 2 aromatic carbocycles. The number of nitrogens with zero attached hydrogens (tertiary/aromatic N) is 1. The second-order valence-electron chi connectivity index (χ2n) is 5.40. The lowest BCUT2D eigenvalue weighted by Crippen LogP contribution is -2.05. The Labute approximate surface area is 125 Å². The second kappa shape index (κ2) is 4.56. The molecule has 0 saturated carbocycles. The smallest absolute Gasteiger partial charge is 0.255 e. The average Bonchev–Trinajstić information content (AvgIpc) is 2.86. The van der Waals surface area contributed by atoms with Gasteiger partial charge in [0.25, 0.3) is 5.56 Å². The number of H-pyrrole nitrogens is 1. The maximum Gasteiger partial charge on any atom is 0.255 e. The van der Waals surface area contributed by atoms with Gasteiger partial charge >= 0.3 is 0 Å². The Hall–Kier alpha value is -2.88. The lowest BCUT2D eigenvalue weighted by Gasteiger charge is -2.04. The molecule has 0 bridgehead atoms. The van der Waals surface area contributed by atoms with E-state index in [1.54, 1.807) is 12.1 Å². The molecule has 0 aliphatic rings. The van der Waals surface area contributed by atoms with E-state index in [0.29, 0.717) is 16.3 Å². The lowest BCUT2D eigenvalue weighted by molar-refractivity contribution is 0.640. The molecule has 22 heavy (non-hydrogen) atoms. The van der Waals surface area contributed by atoms with Gasteiger partial charge in [0, 0.05) is 41.3 Å². The van der Waals surface area contributed by atoms with Crippen LogP contribution in [0.3, 0.4) is 0 Å². The highest BCUT2D eigenvalue weighted by atomic mass is 19.1. The van der Waals surface area contributed by atoms with Gasteiger partial charge in [-0.1, -0.05) is 18.2 Å². The van der Waals surface area contributed by atoms with Crippen molar-refractivity contribution < 1.29 is 4.39 Å². The molecule has 0 atom stereocenters. The van der Waals surface area contributed by atoms with Crippen LogP contribution in [-0.4, -0.2) is 9.55 Å². The fourth-order valence-corrected chi connectivity index (χ4v) is 2.98. The fourth-order valence-electron chi connectivity index (χ4n) is 2.98. The molecule has 4 heteroatoms. The summed E-state index contributed by atoms with van der Waals surface area (Å²) in [6.45, 7) is 0. The van der Waals surface area contributed by atoms with Crippen molar-refractivity contribution in [2.24, 2.45) is 7.05 Å². The number of nitrogens with one attached hydrogen (secondary N) is 1. The van der Waals surface area contributed by atoms with Crippen LogP contribution in [0.25, 0.3) is 32.8 Å². The summed E-state index contributed by atoms with van der Waals surface area (Å²) in [5, 5.41) is 1.74. The SMILES string of the molecule is Cn1cc(-c2cc(F)c3cc[nH]c(=O)c3c2)c2ccccc21. The van der Waals surface area contributed by atoms with Gasteiger partial charge < -0.3 is 9.55 Å². The first-order valence-corrected chi connectivity index (χ1v) is 7.00. The zero-order valence-corrected chi connectivity index (χ0v) is 11.9. The maximum atomic E-state index is 14.4. The minimum atomic E-state index is -0.383. The molecule has 2 heterocycles. The highest BCUT2D eigenvalue weighted by molar-refractivity contribution is 5.98. The van der Waals surface area contributed by atoms with E-state index in [9.17, 15) is 9.18 Å². The number of hydrogen-bond acceptors (Lipinski definition) is 1. The summed E-state index contributed by atoms with van der Waals surface area (Å²) in [6.07, 6.45) is 3.42. The van der Waals surface area contributed by atoms with E-state index in [1.165, 1.54) is 12.3 Å². The minimum absolute atomic E-state index is 0.279. The molecule has 0 aliphatic carbocycles. The predicted molar refractivity (Wildman–Crippen MR) is 86.4 cm³/mol. The highest BCUT2D eigenvalue weighted by Gasteiger charge is 2.12. The van der Waals surface area contributed by atoms with E-state index < -0.39 is 0 Å². The quantitative estimate of drug-likeness (QED) is 0.569. The average molecular weight is 292 g/mol. The van der Waals surface area contributed by atoms with Crippen molar-refractivity contribution in [2.75, 3.05) is 0 Å². The van der Waals surface area contributed by atoms with Crippen LogP contribution in [0.1, 0.15) is 0 Å². The van der Waals surface area contributed by atoms with Crippen molar-refractivity contribution in [3.63, 3.8) is 0 Å². The number of para-hydroxylation sites is 1. The summed E-state index contributed by atoms with van der Waals surface area (Å²) in [6, 6.07) is 12.8. The predicted octanol–water partition coefficient (Wildman–Crippen LogP) is 3.83. The first-order valence-electron chi connectivity index (χ1n) is 7.00. The third-order valence-electron chi connectivity index (χ3n) is 4.05. The Balaban J connectivity index is 2.09. The van der Waals surface area contributed by atoms with Gasteiger partial charge in [0.2, 0.25) is 0 Å². The molecule has 0 fully saturated rings.